The second-order valence-corrected chi connectivity index (χ2v) is 10.6. The van der Waals surface area contributed by atoms with Crippen LogP contribution in [-0.4, -0.2) is 57.8 Å². The maximum atomic E-state index is 13.0. The van der Waals surface area contributed by atoms with Crippen LogP contribution in [0.3, 0.4) is 0 Å². The number of hydrogen-bond acceptors (Lipinski definition) is 5. The van der Waals surface area contributed by atoms with Crippen molar-refractivity contribution in [1.82, 2.24) is 19.5 Å². The van der Waals surface area contributed by atoms with E-state index in [1.54, 1.807) is 0 Å². The molecule has 7 nitrogen and oxygen atoms in total. The molecule has 3 aliphatic carbocycles. The lowest BCUT2D eigenvalue weighted by atomic mass is 9.83. The summed E-state index contributed by atoms with van der Waals surface area (Å²) in [7, 11) is 0. The Morgan fingerprint density at radius 1 is 1.19 bits per heavy atom. The maximum Gasteiger partial charge on any atom is 0.225 e. The Morgan fingerprint density at radius 2 is 2.00 bits per heavy atom. The molecule has 2 aromatic rings. The van der Waals surface area contributed by atoms with Crippen LogP contribution in [-0.2, 0) is 21.4 Å². The normalized spacial score (nSPS) is 27.3. The molecule has 0 radical (unpaired) electrons. The van der Waals surface area contributed by atoms with Crippen LogP contribution in [0.4, 0.5) is 5.82 Å². The fraction of sp³-hybridized carbons (Fsp3) is 0.696. The third-order valence-electron chi connectivity index (χ3n) is 8.06. The molecule has 0 bridgehead atoms. The summed E-state index contributed by atoms with van der Waals surface area (Å²) in [6, 6.07) is 0.299. The van der Waals surface area contributed by atoms with Gasteiger partial charge in [-0.25, -0.2) is 4.98 Å². The number of morpholine rings is 1. The Kier molecular flexibility index (Phi) is 4.98. The number of rotatable bonds is 3. The molecule has 8 heteroatoms. The van der Waals surface area contributed by atoms with Crippen molar-refractivity contribution in [1.29, 1.82) is 0 Å². The molecular formula is C23H30BrN5O2. The van der Waals surface area contributed by atoms with E-state index >= 15 is 0 Å². The lowest BCUT2D eigenvalue weighted by molar-refractivity contribution is -0.139. The van der Waals surface area contributed by atoms with Gasteiger partial charge in [-0.1, -0.05) is 12.8 Å². The van der Waals surface area contributed by atoms with Crippen molar-refractivity contribution in [2.75, 3.05) is 31.6 Å². The first-order valence-corrected chi connectivity index (χ1v) is 12.6. The molecule has 2 atom stereocenters. The van der Waals surface area contributed by atoms with Crippen molar-refractivity contribution >= 4 is 33.3 Å². The summed E-state index contributed by atoms with van der Waals surface area (Å²) < 4.78 is 8.34. The van der Waals surface area contributed by atoms with Crippen LogP contribution in [0.25, 0.3) is 5.65 Å². The Labute approximate surface area is 191 Å². The molecule has 6 rings (SSSR count). The van der Waals surface area contributed by atoms with Gasteiger partial charge in [-0.3, -0.25) is 4.79 Å². The summed E-state index contributed by atoms with van der Waals surface area (Å²) in [5.74, 6) is 1.54. The van der Waals surface area contributed by atoms with Gasteiger partial charge in [0, 0.05) is 36.0 Å². The van der Waals surface area contributed by atoms with Crippen LogP contribution in [0.5, 0.6) is 0 Å². The third kappa shape index (κ3) is 3.28. The second kappa shape index (κ2) is 7.73. The number of nitrogens with zero attached hydrogens (tertiary/aromatic N) is 4. The van der Waals surface area contributed by atoms with E-state index in [0.29, 0.717) is 25.2 Å². The predicted octanol–water partition coefficient (Wildman–Crippen LogP) is 3.69. The number of aromatic nitrogens is 3. The highest BCUT2D eigenvalue weighted by molar-refractivity contribution is 9.10. The van der Waals surface area contributed by atoms with Gasteiger partial charge in [0.25, 0.3) is 0 Å². The molecule has 4 aliphatic rings. The summed E-state index contributed by atoms with van der Waals surface area (Å²) in [6.45, 7) is 2.79. The molecule has 1 aliphatic heterocycles. The number of ether oxygens (including phenoxy) is 1. The van der Waals surface area contributed by atoms with Gasteiger partial charge in [0.15, 0.2) is 5.65 Å². The van der Waals surface area contributed by atoms with Crippen LogP contribution in [0, 0.1) is 5.92 Å². The number of carbonyl (C=O) groups excluding carboxylic acids is 1. The lowest BCUT2D eigenvalue weighted by Crippen LogP contribution is -2.43. The fourth-order valence-corrected chi connectivity index (χ4v) is 6.77. The number of amides is 1. The molecule has 166 valence electrons. The minimum atomic E-state index is 0.117. The number of nitrogens with one attached hydrogen (secondary N) is 1. The summed E-state index contributed by atoms with van der Waals surface area (Å²) in [5.41, 5.74) is 3.84. The molecule has 31 heavy (non-hydrogen) atoms. The zero-order chi connectivity index (χ0) is 21.0. The molecule has 2 saturated carbocycles. The zero-order valence-corrected chi connectivity index (χ0v) is 19.5. The molecule has 1 N–H and O–H groups in total. The molecule has 1 saturated heterocycles. The fourth-order valence-electron chi connectivity index (χ4n) is 6.42. The van der Waals surface area contributed by atoms with Gasteiger partial charge >= 0.3 is 0 Å². The molecule has 0 aromatic carbocycles. The Bertz CT molecular complexity index is 1010. The smallest absolute Gasteiger partial charge is 0.225 e. The van der Waals surface area contributed by atoms with Crippen molar-refractivity contribution in [3.63, 3.8) is 0 Å². The van der Waals surface area contributed by atoms with Gasteiger partial charge in [0.1, 0.15) is 5.82 Å². The van der Waals surface area contributed by atoms with E-state index in [1.807, 2.05) is 15.6 Å². The molecular weight excluding hydrogens is 458 g/mol. The van der Waals surface area contributed by atoms with E-state index in [0.717, 1.165) is 54.7 Å². The van der Waals surface area contributed by atoms with Crippen molar-refractivity contribution in [2.45, 2.75) is 69.2 Å². The Hall–Kier alpha value is -1.67. The number of carbonyl (C=O) groups is 1. The molecule has 2 aromatic heterocycles. The average molecular weight is 488 g/mol. The predicted molar refractivity (Wildman–Crippen MR) is 121 cm³/mol. The first-order chi connectivity index (χ1) is 15.1. The maximum absolute atomic E-state index is 13.0. The second-order valence-electron chi connectivity index (χ2n) is 9.79. The third-order valence-corrected chi connectivity index (χ3v) is 8.62. The highest BCUT2D eigenvalue weighted by atomic mass is 79.9. The number of fused-ring (bicyclic) bond motifs is 3. The molecule has 3 heterocycles. The quantitative estimate of drug-likeness (QED) is 0.714. The lowest BCUT2D eigenvalue weighted by Gasteiger charge is -2.29. The largest absolute Gasteiger partial charge is 0.378 e. The minimum absolute atomic E-state index is 0.117. The van der Waals surface area contributed by atoms with Gasteiger partial charge in [-0.2, -0.15) is 9.61 Å². The highest BCUT2D eigenvalue weighted by Crippen LogP contribution is 2.51. The van der Waals surface area contributed by atoms with Crippen molar-refractivity contribution in [3.8, 4) is 0 Å². The first kappa shape index (κ1) is 20.0. The van der Waals surface area contributed by atoms with Gasteiger partial charge in [0.05, 0.1) is 29.6 Å². The number of halogens is 1. The monoisotopic (exact) mass is 487 g/mol. The summed E-state index contributed by atoms with van der Waals surface area (Å²) in [4.78, 5) is 20.1. The summed E-state index contributed by atoms with van der Waals surface area (Å²) >= 11 is 3.66. The van der Waals surface area contributed by atoms with E-state index in [1.165, 1.54) is 43.4 Å². The van der Waals surface area contributed by atoms with Crippen LogP contribution >= 0.6 is 15.9 Å². The van der Waals surface area contributed by atoms with Gasteiger partial charge < -0.3 is 15.0 Å². The zero-order valence-electron chi connectivity index (χ0n) is 17.9. The Morgan fingerprint density at radius 3 is 2.81 bits per heavy atom. The van der Waals surface area contributed by atoms with E-state index < -0.39 is 0 Å². The summed E-state index contributed by atoms with van der Waals surface area (Å²) in [5, 5.41) is 8.47. The van der Waals surface area contributed by atoms with Crippen molar-refractivity contribution < 1.29 is 9.53 Å². The van der Waals surface area contributed by atoms with Crippen LogP contribution in [0.15, 0.2) is 10.7 Å². The molecule has 3 fully saturated rings. The van der Waals surface area contributed by atoms with Gasteiger partial charge in [0.2, 0.25) is 5.91 Å². The van der Waals surface area contributed by atoms with Gasteiger partial charge in [-0.15, -0.1) is 0 Å². The van der Waals surface area contributed by atoms with Crippen molar-refractivity contribution in [2.24, 2.45) is 5.92 Å². The Balaban J connectivity index is 1.28. The van der Waals surface area contributed by atoms with Crippen molar-refractivity contribution in [3.05, 3.63) is 21.9 Å². The van der Waals surface area contributed by atoms with Crippen LogP contribution in [0.2, 0.25) is 0 Å². The average Bonchev–Trinajstić information content (AvgIpc) is 3.58. The van der Waals surface area contributed by atoms with Crippen LogP contribution < -0.4 is 5.32 Å². The molecule has 0 unspecified atom stereocenters. The minimum Gasteiger partial charge on any atom is -0.378 e. The van der Waals surface area contributed by atoms with Crippen LogP contribution in [0.1, 0.15) is 62.6 Å². The number of hydrogen-bond donors (Lipinski definition) is 1. The van der Waals surface area contributed by atoms with E-state index in [-0.39, 0.29) is 11.3 Å². The topological polar surface area (TPSA) is 71.8 Å². The highest BCUT2D eigenvalue weighted by Gasteiger charge is 2.44. The van der Waals surface area contributed by atoms with E-state index in [4.69, 9.17) is 9.72 Å². The van der Waals surface area contributed by atoms with Gasteiger partial charge in [-0.05, 0) is 60.9 Å². The van der Waals surface area contributed by atoms with E-state index in [2.05, 4.69) is 26.3 Å². The standard InChI is InChI=1S/C23H30BrN5O2/c24-18-14-25-29-20(17-5-8-23(6-1-2-7-23)19(17)27-21(18)29)26-16-4-3-15(13-16)22(30)28-9-11-31-12-10-28/h14-16,26H,1-13H2/t15-,16-/m0/s1. The number of anilines is 1. The summed E-state index contributed by atoms with van der Waals surface area (Å²) in [6.07, 6.45) is 12.1. The first-order valence-electron chi connectivity index (χ1n) is 11.8. The molecule has 1 amide bonds. The molecule has 1 spiro atoms. The SMILES string of the molecule is O=C([C@H]1CC[C@H](Nc2c3c(nc4c(Br)cnn24)C2(CCCC2)CC3)C1)N1CCOCC1. The van der Waals surface area contributed by atoms with E-state index in [9.17, 15) is 4.79 Å².